The maximum Gasteiger partial charge on any atom is 0.164 e. The lowest BCUT2D eigenvalue weighted by Gasteiger charge is -2.45. The number of benzene rings is 2. The zero-order valence-corrected chi connectivity index (χ0v) is 17.7. The molecule has 2 aromatic rings. The molecule has 3 aliphatic heterocycles. The van der Waals surface area contributed by atoms with Crippen molar-refractivity contribution in [3.63, 3.8) is 0 Å². The number of likely N-dealkylation sites (tertiary alicyclic amines) is 1. The van der Waals surface area contributed by atoms with Crippen LogP contribution < -0.4 is 9.64 Å². The summed E-state index contributed by atoms with van der Waals surface area (Å²) in [6.07, 6.45) is 2.17. The zero-order valence-electron chi connectivity index (χ0n) is 17.7. The van der Waals surface area contributed by atoms with Gasteiger partial charge in [-0.05, 0) is 49.2 Å². The van der Waals surface area contributed by atoms with E-state index in [4.69, 9.17) is 4.74 Å². The summed E-state index contributed by atoms with van der Waals surface area (Å²) in [4.78, 5) is 17.6. The van der Waals surface area contributed by atoms with Crippen molar-refractivity contribution in [2.24, 2.45) is 0 Å². The summed E-state index contributed by atoms with van der Waals surface area (Å²) in [5, 5.41) is 9.19. The smallest absolute Gasteiger partial charge is 0.164 e. The number of rotatable bonds is 5. The van der Waals surface area contributed by atoms with Crippen LogP contribution in [-0.4, -0.2) is 49.5 Å². The number of halogens is 1. The van der Waals surface area contributed by atoms with Crippen molar-refractivity contribution in [3.05, 3.63) is 58.9 Å². The first kappa shape index (κ1) is 20.0. The molecule has 0 aliphatic carbocycles. The lowest BCUT2D eigenvalue weighted by molar-refractivity contribution is 0.0962. The third-order valence-corrected chi connectivity index (χ3v) is 7.15. The van der Waals surface area contributed by atoms with Crippen molar-refractivity contribution >= 4 is 11.5 Å². The van der Waals surface area contributed by atoms with Gasteiger partial charge in [0.05, 0.1) is 23.9 Å². The summed E-state index contributed by atoms with van der Waals surface area (Å²) in [6, 6.07) is 12.6. The molecule has 0 saturated carbocycles. The summed E-state index contributed by atoms with van der Waals surface area (Å²) in [6.45, 7) is 6.85. The fourth-order valence-electron chi connectivity index (χ4n) is 5.75. The predicted molar refractivity (Wildman–Crippen MR) is 116 cm³/mol. The average molecular weight is 420 g/mol. The van der Waals surface area contributed by atoms with Crippen molar-refractivity contribution in [3.8, 4) is 11.8 Å². The van der Waals surface area contributed by atoms with Gasteiger partial charge >= 0.3 is 0 Å². The van der Waals surface area contributed by atoms with E-state index in [2.05, 4.69) is 34.9 Å². The Morgan fingerprint density at radius 1 is 1.32 bits per heavy atom. The number of ketones is 1. The number of nitrogens with zero attached hydrogens (tertiary/aromatic N) is 3. The number of Topliss-reactive ketones (excluding diaryl/α,β-unsaturated/α-hetero) is 1. The van der Waals surface area contributed by atoms with Crippen molar-refractivity contribution < 1.29 is 13.9 Å². The fourth-order valence-corrected chi connectivity index (χ4v) is 5.75. The largest absolute Gasteiger partial charge is 0.490 e. The first-order chi connectivity index (χ1) is 15.0. The number of anilines is 1. The van der Waals surface area contributed by atoms with Crippen LogP contribution in [0.25, 0.3) is 0 Å². The number of ether oxygens (including phenoxy) is 1. The van der Waals surface area contributed by atoms with E-state index in [1.165, 1.54) is 23.4 Å². The van der Waals surface area contributed by atoms with Crippen molar-refractivity contribution in [1.82, 2.24) is 4.90 Å². The van der Waals surface area contributed by atoms with Crippen LogP contribution >= 0.6 is 0 Å². The van der Waals surface area contributed by atoms with Gasteiger partial charge in [-0.3, -0.25) is 4.79 Å². The van der Waals surface area contributed by atoms with Gasteiger partial charge in [-0.25, -0.2) is 4.39 Å². The molecule has 3 heterocycles. The second kappa shape index (κ2) is 7.65. The average Bonchev–Trinajstić information content (AvgIpc) is 3.03. The molecule has 1 fully saturated rings. The van der Waals surface area contributed by atoms with Crippen LogP contribution in [0, 0.1) is 17.1 Å². The molecule has 3 aliphatic rings. The Morgan fingerprint density at radius 3 is 3.03 bits per heavy atom. The molecule has 6 heteroatoms. The van der Waals surface area contributed by atoms with Gasteiger partial charge in [-0.15, -0.1) is 0 Å². The van der Waals surface area contributed by atoms with Gasteiger partial charge in [0.1, 0.15) is 18.2 Å². The third kappa shape index (κ3) is 3.28. The minimum absolute atomic E-state index is 0.0479. The standard InChI is InChI=1S/C25H26FN3O2/c1-25-16-28(10-3-5-21(30)19-8-7-18(26)14-17(19)15-27)11-9-23(25)29-12-13-31-22-6-2-4-20(25)24(22)29/h2,4,6-8,14,23H,3,5,9-13,16H2,1H3/t23-,25-/m0/s1. The van der Waals surface area contributed by atoms with Crippen LogP contribution in [0.4, 0.5) is 10.1 Å². The van der Waals surface area contributed by atoms with Gasteiger partial charge in [0, 0.05) is 36.5 Å². The van der Waals surface area contributed by atoms with Gasteiger partial charge in [0.15, 0.2) is 5.78 Å². The van der Waals surface area contributed by atoms with Crippen molar-refractivity contribution in [2.75, 3.05) is 37.7 Å². The molecule has 0 unspecified atom stereocenters. The van der Waals surface area contributed by atoms with E-state index >= 15 is 0 Å². The second-order valence-electron chi connectivity index (χ2n) is 9.02. The highest BCUT2D eigenvalue weighted by Crippen LogP contribution is 2.53. The molecule has 2 aromatic carbocycles. The van der Waals surface area contributed by atoms with Crippen LogP contribution in [0.15, 0.2) is 36.4 Å². The van der Waals surface area contributed by atoms with E-state index in [9.17, 15) is 14.4 Å². The van der Waals surface area contributed by atoms with Crippen molar-refractivity contribution in [1.29, 1.82) is 5.26 Å². The highest BCUT2D eigenvalue weighted by atomic mass is 19.1. The molecule has 0 spiro atoms. The lowest BCUT2D eigenvalue weighted by atomic mass is 9.74. The van der Waals surface area contributed by atoms with Crippen LogP contribution in [0.2, 0.25) is 0 Å². The number of hydrogen-bond acceptors (Lipinski definition) is 5. The molecule has 0 N–H and O–H groups in total. The molecular formula is C25H26FN3O2. The fraction of sp³-hybridized carbons (Fsp3) is 0.440. The Bertz CT molecular complexity index is 1080. The normalized spacial score (nSPS) is 24.2. The van der Waals surface area contributed by atoms with E-state index in [0.717, 1.165) is 57.4 Å². The molecule has 0 bridgehead atoms. The minimum atomic E-state index is -0.493. The first-order valence-corrected chi connectivity index (χ1v) is 11.0. The lowest BCUT2D eigenvalue weighted by Crippen LogP contribution is -2.56. The topological polar surface area (TPSA) is 56.6 Å². The third-order valence-electron chi connectivity index (χ3n) is 7.15. The Balaban J connectivity index is 1.25. The Morgan fingerprint density at radius 2 is 2.19 bits per heavy atom. The molecule has 0 aromatic heterocycles. The van der Waals surface area contributed by atoms with Crippen LogP contribution in [0.3, 0.4) is 0 Å². The van der Waals surface area contributed by atoms with Crippen LogP contribution in [-0.2, 0) is 5.41 Å². The zero-order chi connectivity index (χ0) is 21.6. The van der Waals surface area contributed by atoms with E-state index in [0.29, 0.717) is 18.0 Å². The highest BCUT2D eigenvalue weighted by molar-refractivity contribution is 5.98. The van der Waals surface area contributed by atoms with Crippen molar-refractivity contribution in [2.45, 2.75) is 37.6 Å². The van der Waals surface area contributed by atoms with Crippen LogP contribution in [0.1, 0.15) is 47.7 Å². The molecule has 5 nitrogen and oxygen atoms in total. The molecule has 31 heavy (non-hydrogen) atoms. The number of nitriles is 1. The first-order valence-electron chi connectivity index (χ1n) is 11.0. The molecule has 0 amide bonds. The number of carbonyl (C=O) groups is 1. The minimum Gasteiger partial charge on any atom is -0.490 e. The summed E-state index contributed by atoms with van der Waals surface area (Å²) < 4.78 is 19.3. The predicted octanol–water partition coefficient (Wildman–Crippen LogP) is 3.90. The monoisotopic (exact) mass is 419 g/mol. The van der Waals surface area contributed by atoms with E-state index < -0.39 is 5.82 Å². The maximum atomic E-state index is 13.3. The van der Waals surface area contributed by atoms with Crippen LogP contribution in [0.5, 0.6) is 5.75 Å². The summed E-state index contributed by atoms with van der Waals surface area (Å²) in [5.74, 6) is 0.416. The maximum absolute atomic E-state index is 13.3. The molecular weight excluding hydrogens is 393 g/mol. The molecule has 2 atom stereocenters. The van der Waals surface area contributed by atoms with E-state index in [1.54, 1.807) is 0 Å². The summed E-state index contributed by atoms with van der Waals surface area (Å²) >= 11 is 0. The summed E-state index contributed by atoms with van der Waals surface area (Å²) in [7, 11) is 0. The Kier molecular flexibility index (Phi) is 4.94. The highest BCUT2D eigenvalue weighted by Gasteiger charge is 2.52. The van der Waals surface area contributed by atoms with Gasteiger partial charge in [0.2, 0.25) is 0 Å². The Hall–Kier alpha value is -2.91. The Labute approximate surface area is 182 Å². The van der Waals surface area contributed by atoms with E-state index in [-0.39, 0.29) is 16.8 Å². The van der Waals surface area contributed by atoms with Gasteiger partial charge < -0.3 is 14.5 Å². The molecule has 0 radical (unpaired) electrons. The van der Waals surface area contributed by atoms with E-state index in [1.807, 2.05) is 6.07 Å². The number of fused-ring (bicyclic) bond motifs is 3. The second-order valence-corrected chi connectivity index (χ2v) is 9.02. The summed E-state index contributed by atoms with van der Waals surface area (Å²) in [5.41, 5.74) is 3.14. The van der Waals surface area contributed by atoms with Gasteiger partial charge in [-0.1, -0.05) is 19.1 Å². The SMILES string of the molecule is C[C@@]12CN(CCCC(=O)c3ccc(F)cc3C#N)CC[C@@H]1N1CCOc3cccc2c31. The number of piperidine rings is 1. The number of para-hydroxylation sites is 1. The van der Waals surface area contributed by atoms with Gasteiger partial charge in [0.25, 0.3) is 0 Å². The number of hydrogen-bond donors (Lipinski definition) is 0. The molecule has 1 saturated heterocycles. The molecule has 5 rings (SSSR count). The quantitative estimate of drug-likeness (QED) is 0.688. The number of carbonyl (C=O) groups excluding carboxylic acids is 1. The van der Waals surface area contributed by atoms with Gasteiger partial charge in [-0.2, -0.15) is 5.26 Å². The molecule has 160 valence electrons.